The summed E-state index contributed by atoms with van der Waals surface area (Å²) in [6.07, 6.45) is 6.15. The van der Waals surface area contributed by atoms with Crippen LogP contribution in [0.3, 0.4) is 0 Å². The van der Waals surface area contributed by atoms with Gasteiger partial charge < -0.3 is 4.74 Å². The quantitative estimate of drug-likeness (QED) is 0.745. The lowest BCUT2D eigenvalue weighted by Gasteiger charge is -2.53. The third kappa shape index (κ3) is 2.08. The van der Waals surface area contributed by atoms with Crippen molar-refractivity contribution in [2.75, 3.05) is 0 Å². The summed E-state index contributed by atoms with van der Waals surface area (Å²) in [6, 6.07) is 9.88. The topological polar surface area (TPSA) is 26.3 Å². The second kappa shape index (κ2) is 4.17. The average Bonchev–Trinajstić information content (AvgIpc) is 2.24. The van der Waals surface area contributed by atoms with Gasteiger partial charge in [0.05, 0.1) is 5.92 Å². The second-order valence-corrected chi connectivity index (χ2v) is 5.55. The van der Waals surface area contributed by atoms with Crippen molar-refractivity contribution in [3.63, 3.8) is 0 Å². The summed E-state index contributed by atoms with van der Waals surface area (Å²) in [6.45, 7) is 0.420. The first-order valence-corrected chi connectivity index (χ1v) is 6.48. The van der Waals surface area contributed by atoms with Crippen molar-refractivity contribution in [1.29, 1.82) is 0 Å². The number of hydrogen-bond donors (Lipinski definition) is 0. The molecule has 2 saturated carbocycles. The summed E-state index contributed by atoms with van der Waals surface area (Å²) >= 11 is 0. The Morgan fingerprint density at radius 1 is 1.24 bits per heavy atom. The van der Waals surface area contributed by atoms with E-state index in [1.807, 2.05) is 30.3 Å². The average molecular weight is 230 g/mol. The van der Waals surface area contributed by atoms with Crippen molar-refractivity contribution in [1.82, 2.24) is 0 Å². The molecule has 0 atom stereocenters. The molecule has 17 heavy (non-hydrogen) atoms. The summed E-state index contributed by atoms with van der Waals surface area (Å²) < 4.78 is 5.35. The zero-order valence-corrected chi connectivity index (χ0v) is 10.0. The predicted molar refractivity (Wildman–Crippen MR) is 65.2 cm³/mol. The number of benzene rings is 1. The van der Waals surface area contributed by atoms with Crippen molar-refractivity contribution >= 4 is 5.97 Å². The SMILES string of the molecule is O=C(OCc1ccccc1)C1CC2(CCC2)C1. The van der Waals surface area contributed by atoms with Gasteiger partial charge in [-0.1, -0.05) is 36.8 Å². The smallest absolute Gasteiger partial charge is 0.309 e. The maximum absolute atomic E-state index is 11.8. The molecule has 0 aromatic heterocycles. The molecule has 2 fully saturated rings. The highest BCUT2D eigenvalue weighted by atomic mass is 16.5. The molecule has 0 bridgehead atoms. The van der Waals surface area contributed by atoms with E-state index in [4.69, 9.17) is 4.74 Å². The molecule has 2 aliphatic carbocycles. The molecule has 1 aromatic rings. The Hall–Kier alpha value is -1.31. The Labute approximate surface area is 102 Å². The highest BCUT2D eigenvalue weighted by Crippen LogP contribution is 2.58. The van der Waals surface area contributed by atoms with E-state index in [-0.39, 0.29) is 11.9 Å². The van der Waals surface area contributed by atoms with E-state index in [9.17, 15) is 4.79 Å². The molecule has 2 nitrogen and oxygen atoms in total. The molecule has 3 rings (SSSR count). The highest BCUT2D eigenvalue weighted by molar-refractivity contribution is 5.73. The fourth-order valence-corrected chi connectivity index (χ4v) is 3.08. The Morgan fingerprint density at radius 2 is 1.94 bits per heavy atom. The molecule has 0 saturated heterocycles. The van der Waals surface area contributed by atoms with Crippen LogP contribution in [0.1, 0.15) is 37.7 Å². The molecule has 2 heteroatoms. The van der Waals surface area contributed by atoms with E-state index < -0.39 is 0 Å². The van der Waals surface area contributed by atoms with E-state index in [0.29, 0.717) is 12.0 Å². The first kappa shape index (κ1) is 10.8. The third-order valence-corrected chi connectivity index (χ3v) is 4.33. The second-order valence-electron chi connectivity index (χ2n) is 5.55. The molecular formula is C15H18O2. The number of ether oxygens (including phenoxy) is 1. The fraction of sp³-hybridized carbons (Fsp3) is 0.533. The largest absolute Gasteiger partial charge is 0.461 e. The molecule has 2 aliphatic rings. The summed E-state index contributed by atoms with van der Waals surface area (Å²) in [5, 5.41) is 0. The molecule has 0 unspecified atom stereocenters. The molecule has 0 aliphatic heterocycles. The minimum atomic E-state index is 0.00591. The van der Waals surface area contributed by atoms with E-state index >= 15 is 0 Å². The summed E-state index contributed by atoms with van der Waals surface area (Å²) in [5.41, 5.74) is 1.62. The summed E-state index contributed by atoms with van der Waals surface area (Å²) in [7, 11) is 0. The number of carbonyl (C=O) groups is 1. The summed E-state index contributed by atoms with van der Waals surface area (Å²) in [5.74, 6) is 0.186. The minimum absolute atomic E-state index is 0.00591. The van der Waals surface area contributed by atoms with E-state index in [2.05, 4.69) is 0 Å². The van der Waals surface area contributed by atoms with Gasteiger partial charge in [-0.3, -0.25) is 4.79 Å². The normalized spacial score (nSPS) is 21.6. The fourth-order valence-electron chi connectivity index (χ4n) is 3.08. The van der Waals surface area contributed by atoms with E-state index in [1.54, 1.807) is 0 Å². The number of carbonyl (C=O) groups excluding carboxylic acids is 1. The van der Waals surface area contributed by atoms with Crippen molar-refractivity contribution in [3.05, 3.63) is 35.9 Å². The monoisotopic (exact) mass is 230 g/mol. The van der Waals surface area contributed by atoms with Gasteiger partial charge in [-0.25, -0.2) is 0 Å². The molecule has 0 radical (unpaired) electrons. The lowest BCUT2D eigenvalue weighted by molar-refractivity contribution is -0.162. The standard InChI is InChI=1S/C15H18O2/c16-14(13-9-15(10-13)7-4-8-15)17-11-12-5-2-1-3-6-12/h1-3,5-6,13H,4,7-11H2. The molecule has 0 heterocycles. The predicted octanol–water partition coefficient (Wildman–Crippen LogP) is 3.31. The molecule has 0 N–H and O–H groups in total. The first-order chi connectivity index (χ1) is 8.27. The van der Waals surface area contributed by atoms with Crippen molar-refractivity contribution < 1.29 is 9.53 Å². The van der Waals surface area contributed by atoms with Crippen molar-refractivity contribution in [2.24, 2.45) is 11.3 Å². The van der Waals surface area contributed by atoms with E-state index in [0.717, 1.165) is 18.4 Å². The molecule has 0 amide bonds. The zero-order valence-electron chi connectivity index (χ0n) is 10.0. The van der Waals surface area contributed by atoms with Gasteiger partial charge in [-0.15, -0.1) is 0 Å². The van der Waals surface area contributed by atoms with Crippen LogP contribution in [0.15, 0.2) is 30.3 Å². The van der Waals surface area contributed by atoms with Crippen LogP contribution in [-0.2, 0) is 16.1 Å². The first-order valence-electron chi connectivity index (χ1n) is 6.48. The Morgan fingerprint density at radius 3 is 2.53 bits per heavy atom. The van der Waals surface area contributed by atoms with Crippen LogP contribution < -0.4 is 0 Å². The van der Waals surface area contributed by atoms with Gasteiger partial charge in [0.1, 0.15) is 6.61 Å². The van der Waals surface area contributed by atoms with Crippen LogP contribution in [0.4, 0.5) is 0 Å². The van der Waals surface area contributed by atoms with Gasteiger partial charge in [0.25, 0.3) is 0 Å². The van der Waals surface area contributed by atoms with Crippen molar-refractivity contribution in [2.45, 2.75) is 38.7 Å². The van der Waals surface area contributed by atoms with Gasteiger partial charge in [-0.2, -0.15) is 0 Å². The minimum Gasteiger partial charge on any atom is -0.461 e. The highest BCUT2D eigenvalue weighted by Gasteiger charge is 2.51. The van der Waals surface area contributed by atoms with E-state index in [1.165, 1.54) is 19.3 Å². The lowest BCUT2D eigenvalue weighted by Crippen LogP contribution is -2.46. The van der Waals surface area contributed by atoms with Crippen LogP contribution in [0.25, 0.3) is 0 Å². The summed E-state index contributed by atoms with van der Waals surface area (Å²) in [4.78, 5) is 11.8. The number of rotatable bonds is 3. The lowest BCUT2D eigenvalue weighted by atomic mass is 9.52. The van der Waals surface area contributed by atoms with Gasteiger partial charge in [-0.05, 0) is 36.7 Å². The molecular weight excluding hydrogens is 212 g/mol. The zero-order chi connectivity index (χ0) is 11.7. The van der Waals surface area contributed by atoms with Crippen molar-refractivity contribution in [3.8, 4) is 0 Å². The molecule has 90 valence electrons. The Balaban J connectivity index is 1.45. The maximum Gasteiger partial charge on any atom is 0.309 e. The van der Waals surface area contributed by atoms with Gasteiger partial charge >= 0.3 is 5.97 Å². The Kier molecular flexibility index (Phi) is 2.65. The van der Waals surface area contributed by atoms with Crippen LogP contribution in [0.5, 0.6) is 0 Å². The van der Waals surface area contributed by atoms with Crippen LogP contribution in [-0.4, -0.2) is 5.97 Å². The third-order valence-electron chi connectivity index (χ3n) is 4.33. The van der Waals surface area contributed by atoms with Gasteiger partial charge in [0.2, 0.25) is 0 Å². The van der Waals surface area contributed by atoms with Gasteiger partial charge in [0.15, 0.2) is 0 Å². The van der Waals surface area contributed by atoms with Crippen LogP contribution >= 0.6 is 0 Å². The maximum atomic E-state index is 11.8. The Bertz CT molecular complexity index is 398. The number of hydrogen-bond acceptors (Lipinski definition) is 2. The molecule has 1 aromatic carbocycles. The van der Waals surface area contributed by atoms with Gasteiger partial charge in [0, 0.05) is 0 Å². The number of esters is 1. The molecule has 1 spiro atoms. The van der Waals surface area contributed by atoms with Crippen LogP contribution in [0, 0.1) is 11.3 Å². The van der Waals surface area contributed by atoms with Crippen LogP contribution in [0.2, 0.25) is 0 Å².